The van der Waals surface area contributed by atoms with Crippen LogP contribution in [0.4, 0.5) is 0 Å². The standard InChI is InChI=1S/C11H7N5O/c1-7-9(6-13-17-7)11-15-14-10-4-8(5-12)2-3-16(10)11/h2-4,6H,1H3. The number of nitriles is 1. The van der Waals surface area contributed by atoms with Crippen molar-refractivity contribution in [2.45, 2.75) is 6.92 Å². The second-order valence-electron chi connectivity index (χ2n) is 3.57. The van der Waals surface area contributed by atoms with E-state index in [0.29, 0.717) is 22.8 Å². The number of aromatic nitrogens is 4. The predicted molar refractivity (Wildman–Crippen MR) is 57.9 cm³/mol. The van der Waals surface area contributed by atoms with Crippen LogP contribution in [0.1, 0.15) is 11.3 Å². The average Bonchev–Trinajstić information content (AvgIpc) is 2.94. The van der Waals surface area contributed by atoms with Gasteiger partial charge >= 0.3 is 0 Å². The van der Waals surface area contributed by atoms with Crippen LogP contribution in [0.3, 0.4) is 0 Å². The number of pyridine rings is 1. The summed E-state index contributed by atoms with van der Waals surface area (Å²) in [5, 5.41) is 20.6. The maximum absolute atomic E-state index is 8.80. The van der Waals surface area contributed by atoms with E-state index in [1.807, 2.05) is 6.92 Å². The summed E-state index contributed by atoms with van der Waals surface area (Å²) in [6.07, 6.45) is 3.36. The van der Waals surface area contributed by atoms with Crippen molar-refractivity contribution in [3.8, 4) is 17.5 Å². The smallest absolute Gasteiger partial charge is 0.173 e. The number of nitrogens with zero attached hydrogens (tertiary/aromatic N) is 5. The molecule has 0 saturated heterocycles. The lowest BCUT2D eigenvalue weighted by atomic mass is 10.2. The molecule has 0 aliphatic carbocycles. The summed E-state index contributed by atoms with van der Waals surface area (Å²) in [6.45, 7) is 1.81. The number of rotatable bonds is 1. The van der Waals surface area contributed by atoms with E-state index in [0.717, 1.165) is 5.56 Å². The third-order valence-corrected chi connectivity index (χ3v) is 2.53. The second-order valence-corrected chi connectivity index (χ2v) is 3.57. The molecule has 3 aromatic heterocycles. The molecule has 0 spiro atoms. The summed E-state index contributed by atoms with van der Waals surface area (Å²) in [5.74, 6) is 1.34. The van der Waals surface area contributed by atoms with E-state index >= 15 is 0 Å². The first-order chi connectivity index (χ1) is 8.29. The Morgan fingerprint density at radius 3 is 3.00 bits per heavy atom. The first-order valence-corrected chi connectivity index (χ1v) is 4.96. The van der Waals surface area contributed by atoms with Gasteiger partial charge in [0.05, 0.1) is 23.4 Å². The molecule has 3 heterocycles. The van der Waals surface area contributed by atoms with Crippen LogP contribution in [0.15, 0.2) is 29.0 Å². The molecule has 17 heavy (non-hydrogen) atoms. The lowest BCUT2D eigenvalue weighted by Crippen LogP contribution is -1.89. The Morgan fingerprint density at radius 2 is 2.29 bits per heavy atom. The molecule has 6 nitrogen and oxygen atoms in total. The van der Waals surface area contributed by atoms with Crippen molar-refractivity contribution >= 4 is 5.65 Å². The van der Waals surface area contributed by atoms with Gasteiger partial charge in [-0.2, -0.15) is 5.26 Å². The van der Waals surface area contributed by atoms with E-state index in [9.17, 15) is 0 Å². The SMILES string of the molecule is Cc1oncc1-c1nnc2cc(C#N)ccn12. The summed E-state index contributed by atoms with van der Waals surface area (Å²) < 4.78 is 6.79. The Balaban J connectivity index is 2.27. The molecule has 0 fully saturated rings. The number of hydrogen-bond donors (Lipinski definition) is 0. The van der Waals surface area contributed by atoms with Crippen LogP contribution >= 0.6 is 0 Å². The van der Waals surface area contributed by atoms with E-state index < -0.39 is 0 Å². The maximum Gasteiger partial charge on any atom is 0.173 e. The van der Waals surface area contributed by atoms with Crippen molar-refractivity contribution in [1.29, 1.82) is 5.26 Å². The molecule has 0 aromatic carbocycles. The molecule has 82 valence electrons. The van der Waals surface area contributed by atoms with Gasteiger partial charge in [-0.25, -0.2) is 0 Å². The fraction of sp³-hybridized carbons (Fsp3) is 0.0909. The molecule has 0 saturated carbocycles. The fourth-order valence-corrected chi connectivity index (χ4v) is 1.66. The van der Waals surface area contributed by atoms with E-state index in [1.54, 1.807) is 28.9 Å². The summed E-state index contributed by atoms with van der Waals surface area (Å²) in [5.41, 5.74) is 1.97. The molecule has 0 bridgehead atoms. The first-order valence-electron chi connectivity index (χ1n) is 4.96. The number of fused-ring (bicyclic) bond motifs is 1. The van der Waals surface area contributed by atoms with Gasteiger partial charge in [0, 0.05) is 12.3 Å². The van der Waals surface area contributed by atoms with Gasteiger partial charge in [0.25, 0.3) is 0 Å². The van der Waals surface area contributed by atoms with Crippen molar-refractivity contribution in [3.63, 3.8) is 0 Å². The summed E-state index contributed by atoms with van der Waals surface area (Å²) in [6, 6.07) is 5.45. The quantitative estimate of drug-likeness (QED) is 0.627. The highest BCUT2D eigenvalue weighted by Crippen LogP contribution is 2.21. The number of aryl methyl sites for hydroxylation is 1. The Kier molecular flexibility index (Phi) is 1.92. The lowest BCUT2D eigenvalue weighted by Gasteiger charge is -1.97. The predicted octanol–water partition coefficient (Wildman–Crippen LogP) is 1.56. The Bertz CT molecular complexity index is 734. The summed E-state index contributed by atoms with van der Waals surface area (Å²) in [4.78, 5) is 0. The molecule has 0 amide bonds. The molecule has 0 unspecified atom stereocenters. The van der Waals surface area contributed by atoms with Crippen LogP contribution in [0.25, 0.3) is 17.0 Å². The molecule has 6 heteroatoms. The minimum absolute atomic E-state index is 0.554. The maximum atomic E-state index is 8.80. The minimum Gasteiger partial charge on any atom is -0.361 e. The highest BCUT2D eigenvalue weighted by molar-refractivity contribution is 5.61. The van der Waals surface area contributed by atoms with E-state index in [2.05, 4.69) is 21.4 Å². The van der Waals surface area contributed by atoms with Crippen LogP contribution in [-0.2, 0) is 0 Å². The first kappa shape index (κ1) is 9.54. The van der Waals surface area contributed by atoms with Crippen LogP contribution in [0, 0.1) is 18.3 Å². The van der Waals surface area contributed by atoms with Gasteiger partial charge in [-0.1, -0.05) is 5.16 Å². The van der Waals surface area contributed by atoms with Crippen LogP contribution in [0.5, 0.6) is 0 Å². The van der Waals surface area contributed by atoms with Crippen LogP contribution < -0.4 is 0 Å². The molecule has 3 aromatic rings. The van der Waals surface area contributed by atoms with Gasteiger partial charge < -0.3 is 4.52 Å². The Hall–Kier alpha value is -2.68. The van der Waals surface area contributed by atoms with Crippen molar-refractivity contribution in [1.82, 2.24) is 19.8 Å². The Labute approximate surface area is 96.1 Å². The van der Waals surface area contributed by atoms with Gasteiger partial charge in [-0.05, 0) is 13.0 Å². The molecular formula is C11H7N5O. The summed E-state index contributed by atoms with van der Waals surface area (Å²) in [7, 11) is 0. The zero-order valence-corrected chi connectivity index (χ0v) is 8.95. The van der Waals surface area contributed by atoms with Crippen molar-refractivity contribution in [2.24, 2.45) is 0 Å². The van der Waals surface area contributed by atoms with Gasteiger partial charge in [-0.3, -0.25) is 4.40 Å². The van der Waals surface area contributed by atoms with Crippen LogP contribution in [-0.4, -0.2) is 19.8 Å². The molecule has 0 aliphatic rings. The monoisotopic (exact) mass is 225 g/mol. The van der Waals surface area contributed by atoms with Crippen LogP contribution in [0.2, 0.25) is 0 Å². The summed E-state index contributed by atoms with van der Waals surface area (Å²) >= 11 is 0. The largest absolute Gasteiger partial charge is 0.361 e. The topological polar surface area (TPSA) is 80.0 Å². The molecule has 0 N–H and O–H groups in total. The fourth-order valence-electron chi connectivity index (χ4n) is 1.66. The average molecular weight is 225 g/mol. The van der Waals surface area contributed by atoms with Gasteiger partial charge in [0.15, 0.2) is 11.5 Å². The highest BCUT2D eigenvalue weighted by atomic mass is 16.5. The van der Waals surface area contributed by atoms with E-state index in [1.165, 1.54) is 0 Å². The highest BCUT2D eigenvalue weighted by Gasteiger charge is 2.13. The normalized spacial score (nSPS) is 10.6. The van der Waals surface area contributed by atoms with Gasteiger partial charge in [0.1, 0.15) is 5.76 Å². The second kappa shape index (κ2) is 3.42. The van der Waals surface area contributed by atoms with E-state index in [-0.39, 0.29) is 0 Å². The molecule has 0 radical (unpaired) electrons. The minimum atomic E-state index is 0.554. The zero-order valence-electron chi connectivity index (χ0n) is 8.95. The lowest BCUT2D eigenvalue weighted by molar-refractivity contribution is 0.398. The molecule has 3 rings (SSSR count). The van der Waals surface area contributed by atoms with Gasteiger partial charge in [0.2, 0.25) is 0 Å². The van der Waals surface area contributed by atoms with Gasteiger partial charge in [-0.15, -0.1) is 10.2 Å². The molecule has 0 atom stereocenters. The number of hydrogen-bond acceptors (Lipinski definition) is 5. The third-order valence-electron chi connectivity index (χ3n) is 2.53. The van der Waals surface area contributed by atoms with E-state index in [4.69, 9.17) is 9.78 Å². The van der Waals surface area contributed by atoms with Crippen molar-refractivity contribution in [3.05, 3.63) is 35.9 Å². The third kappa shape index (κ3) is 1.37. The Morgan fingerprint density at radius 1 is 1.41 bits per heavy atom. The molecular weight excluding hydrogens is 218 g/mol. The van der Waals surface area contributed by atoms with Crippen molar-refractivity contribution in [2.75, 3.05) is 0 Å². The van der Waals surface area contributed by atoms with Crippen molar-refractivity contribution < 1.29 is 4.52 Å². The molecule has 0 aliphatic heterocycles. The zero-order chi connectivity index (χ0) is 11.8.